The first-order chi connectivity index (χ1) is 11.6. The number of nitrogens with one attached hydrogen (secondary N) is 1. The van der Waals surface area contributed by atoms with Crippen LogP contribution in [0.3, 0.4) is 0 Å². The molecule has 3 rings (SSSR count). The molecular weight excluding hydrogens is 305 g/mol. The zero-order valence-corrected chi connectivity index (χ0v) is 13.4. The molecule has 3 aromatic rings. The average molecular weight is 323 g/mol. The van der Waals surface area contributed by atoms with E-state index in [1.54, 1.807) is 13.0 Å². The van der Waals surface area contributed by atoms with E-state index in [4.69, 9.17) is 4.42 Å². The summed E-state index contributed by atoms with van der Waals surface area (Å²) < 4.78 is 18.9. The van der Waals surface area contributed by atoms with Crippen LogP contribution in [0.1, 0.15) is 17.7 Å². The predicted octanol–water partition coefficient (Wildman–Crippen LogP) is 4.97. The number of amides is 1. The van der Waals surface area contributed by atoms with Gasteiger partial charge in [0.25, 0.3) is 0 Å². The largest absolute Gasteiger partial charge is 0.461 e. The van der Waals surface area contributed by atoms with Crippen molar-refractivity contribution in [2.24, 2.45) is 0 Å². The van der Waals surface area contributed by atoms with Crippen molar-refractivity contribution in [3.63, 3.8) is 0 Å². The van der Waals surface area contributed by atoms with Gasteiger partial charge < -0.3 is 9.73 Å². The van der Waals surface area contributed by atoms with E-state index in [0.29, 0.717) is 24.1 Å². The van der Waals surface area contributed by atoms with Crippen molar-refractivity contribution < 1.29 is 13.6 Å². The van der Waals surface area contributed by atoms with Crippen molar-refractivity contribution >= 4 is 11.6 Å². The fourth-order valence-electron chi connectivity index (χ4n) is 2.49. The van der Waals surface area contributed by atoms with Gasteiger partial charge in [0.1, 0.15) is 17.3 Å². The lowest BCUT2D eigenvalue weighted by Crippen LogP contribution is -2.13. The molecule has 4 heteroatoms. The molecule has 0 bridgehead atoms. The molecule has 0 radical (unpaired) electrons. The Morgan fingerprint density at radius 3 is 2.62 bits per heavy atom. The highest BCUT2D eigenvalue weighted by Crippen LogP contribution is 2.22. The Morgan fingerprint density at radius 1 is 1.08 bits per heavy atom. The summed E-state index contributed by atoms with van der Waals surface area (Å²) in [6, 6.07) is 17.9. The quantitative estimate of drug-likeness (QED) is 0.720. The average Bonchev–Trinajstić information content (AvgIpc) is 3.05. The van der Waals surface area contributed by atoms with Gasteiger partial charge in [-0.05, 0) is 42.8 Å². The highest BCUT2D eigenvalue weighted by Gasteiger charge is 2.09. The van der Waals surface area contributed by atoms with Crippen LogP contribution in [-0.4, -0.2) is 5.91 Å². The van der Waals surface area contributed by atoms with Crippen molar-refractivity contribution in [3.8, 4) is 11.3 Å². The Kier molecular flexibility index (Phi) is 4.75. The fourth-order valence-corrected chi connectivity index (χ4v) is 2.49. The van der Waals surface area contributed by atoms with Crippen molar-refractivity contribution in [2.75, 3.05) is 5.32 Å². The Bertz CT molecular complexity index is 840. The molecule has 0 aliphatic rings. The molecule has 0 saturated carbocycles. The molecule has 0 saturated heterocycles. The minimum atomic E-state index is -0.311. The first kappa shape index (κ1) is 16.0. The molecule has 1 amide bonds. The Labute approximate surface area is 140 Å². The van der Waals surface area contributed by atoms with Gasteiger partial charge >= 0.3 is 0 Å². The maximum Gasteiger partial charge on any atom is 0.224 e. The minimum absolute atomic E-state index is 0.123. The maximum absolute atomic E-state index is 13.1. The van der Waals surface area contributed by atoms with E-state index in [0.717, 1.165) is 17.1 Å². The normalized spacial score (nSPS) is 10.6. The number of anilines is 1. The van der Waals surface area contributed by atoms with Gasteiger partial charge in [-0.2, -0.15) is 0 Å². The SMILES string of the molecule is Cc1cc(F)ccc1NC(=O)CCc1ccc(-c2ccccc2)o1. The minimum Gasteiger partial charge on any atom is -0.461 e. The first-order valence-corrected chi connectivity index (χ1v) is 7.82. The van der Waals surface area contributed by atoms with Gasteiger partial charge in [0, 0.05) is 24.1 Å². The molecule has 24 heavy (non-hydrogen) atoms. The number of carbonyl (C=O) groups excluding carboxylic acids is 1. The first-order valence-electron chi connectivity index (χ1n) is 7.82. The molecule has 0 aliphatic carbocycles. The smallest absolute Gasteiger partial charge is 0.224 e. The summed E-state index contributed by atoms with van der Waals surface area (Å²) in [6.45, 7) is 1.76. The van der Waals surface area contributed by atoms with Crippen LogP contribution in [0.2, 0.25) is 0 Å². The lowest BCUT2D eigenvalue weighted by Gasteiger charge is -2.07. The van der Waals surface area contributed by atoms with Gasteiger partial charge in [0.15, 0.2) is 0 Å². The number of carbonyl (C=O) groups is 1. The summed E-state index contributed by atoms with van der Waals surface area (Å²) in [7, 11) is 0. The van der Waals surface area contributed by atoms with Crippen molar-refractivity contribution in [1.29, 1.82) is 0 Å². The highest BCUT2D eigenvalue weighted by molar-refractivity contribution is 5.91. The van der Waals surface area contributed by atoms with E-state index in [1.165, 1.54) is 12.1 Å². The zero-order chi connectivity index (χ0) is 16.9. The molecule has 1 heterocycles. The molecule has 0 atom stereocenters. The van der Waals surface area contributed by atoms with Crippen LogP contribution in [0.4, 0.5) is 10.1 Å². The number of benzene rings is 2. The van der Waals surface area contributed by atoms with E-state index in [-0.39, 0.29) is 11.7 Å². The standard InChI is InChI=1S/C20H18FNO2/c1-14-13-16(21)7-10-18(14)22-20(23)12-9-17-8-11-19(24-17)15-5-3-2-4-6-15/h2-8,10-11,13H,9,12H2,1H3,(H,22,23). The fraction of sp³-hybridized carbons (Fsp3) is 0.150. The molecular formula is C20H18FNO2. The maximum atomic E-state index is 13.1. The Morgan fingerprint density at radius 2 is 1.88 bits per heavy atom. The molecule has 3 nitrogen and oxygen atoms in total. The van der Waals surface area contributed by atoms with E-state index in [1.807, 2.05) is 42.5 Å². The summed E-state index contributed by atoms with van der Waals surface area (Å²) in [4.78, 5) is 12.1. The highest BCUT2D eigenvalue weighted by atomic mass is 19.1. The number of halogens is 1. The van der Waals surface area contributed by atoms with Gasteiger partial charge in [-0.15, -0.1) is 0 Å². The third-order valence-electron chi connectivity index (χ3n) is 3.78. The summed E-state index contributed by atoms with van der Waals surface area (Å²) in [5.74, 6) is 1.12. The third kappa shape index (κ3) is 3.90. The number of furan rings is 1. The van der Waals surface area contributed by atoms with Crippen LogP contribution in [0.5, 0.6) is 0 Å². The molecule has 1 aromatic heterocycles. The summed E-state index contributed by atoms with van der Waals surface area (Å²) >= 11 is 0. The van der Waals surface area contributed by atoms with Crippen molar-refractivity contribution in [1.82, 2.24) is 0 Å². The van der Waals surface area contributed by atoms with Gasteiger partial charge in [-0.25, -0.2) is 4.39 Å². The summed E-state index contributed by atoms with van der Waals surface area (Å²) in [5.41, 5.74) is 2.34. The Hall–Kier alpha value is -2.88. The molecule has 0 fully saturated rings. The van der Waals surface area contributed by atoms with Crippen LogP contribution in [0, 0.1) is 12.7 Å². The van der Waals surface area contributed by atoms with Gasteiger partial charge in [-0.1, -0.05) is 30.3 Å². The summed E-state index contributed by atoms with van der Waals surface area (Å²) in [5, 5.41) is 2.80. The van der Waals surface area contributed by atoms with E-state index in [2.05, 4.69) is 5.32 Å². The zero-order valence-electron chi connectivity index (χ0n) is 13.4. The van der Waals surface area contributed by atoms with Crippen LogP contribution < -0.4 is 5.32 Å². The van der Waals surface area contributed by atoms with E-state index < -0.39 is 0 Å². The second kappa shape index (κ2) is 7.13. The van der Waals surface area contributed by atoms with Crippen LogP contribution in [-0.2, 0) is 11.2 Å². The van der Waals surface area contributed by atoms with Crippen LogP contribution >= 0.6 is 0 Å². The lowest BCUT2D eigenvalue weighted by atomic mass is 10.2. The molecule has 0 unspecified atom stereocenters. The van der Waals surface area contributed by atoms with Gasteiger partial charge in [-0.3, -0.25) is 4.79 Å². The topological polar surface area (TPSA) is 42.2 Å². The molecule has 1 N–H and O–H groups in total. The number of hydrogen-bond acceptors (Lipinski definition) is 2. The number of rotatable bonds is 5. The van der Waals surface area contributed by atoms with E-state index in [9.17, 15) is 9.18 Å². The van der Waals surface area contributed by atoms with Crippen LogP contribution in [0.15, 0.2) is 65.1 Å². The lowest BCUT2D eigenvalue weighted by molar-refractivity contribution is -0.116. The monoisotopic (exact) mass is 323 g/mol. The second-order valence-corrected chi connectivity index (χ2v) is 5.64. The molecule has 122 valence electrons. The second-order valence-electron chi connectivity index (χ2n) is 5.64. The van der Waals surface area contributed by atoms with Crippen molar-refractivity contribution in [3.05, 3.63) is 77.8 Å². The van der Waals surface area contributed by atoms with Gasteiger partial charge in [0.2, 0.25) is 5.91 Å². The number of aryl methyl sites for hydroxylation is 2. The summed E-state index contributed by atoms with van der Waals surface area (Å²) in [6.07, 6.45) is 0.817. The molecule has 2 aromatic carbocycles. The predicted molar refractivity (Wildman–Crippen MR) is 92.2 cm³/mol. The molecule has 0 spiro atoms. The molecule has 0 aliphatic heterocycles. The van der Waals surface area contributed by atoms with E-state index >= 15 is 0 Å². The Balaban J connectivity index is 1.58. The van der Waals surface area contributed by atoms with Gasteiger partial charge in [0.05, 0.1) is 0 Å². The van der Waals surface area contributed by atoms with Crippen LogP contribution in [0.25, 0.3) is 11.3 Å². The number of hydrogen-bond donors (Lipinski definition) is 1. The third-order valence-corrected chi connectivity index (χ3v) is 3.78. The van der Waals surface area contributed by atoms with Crippen molar-refractivity contribution in [2.45, 2.75) is 19.8 Å².